The number of carboxylic acids is 1. The van der Waals surface area contributed by atoms with Crippen molar-refractivity contribution in [1.29, 1.82) is 0 Å². The van der Waals surface area contributed by atoms with Crippen molar-refractivity contribution >= 4 is 45.5 Å². The fraction of sp³-hybridized carbons (Fsp3) is 0.281. The molecule has 0 bridgehead atoms. The maximum atomic E-state index is 15.8. The van der Waals surface area contributed by atoms with Crippen molar-refractivity contribution in [3.8, 4) is 11.1 Å². The molecule has 2 amide bonds. The summed E-state index contributed by atoms with van der Waals surface area (Å²) in [6.45, 7) is 2.12. The van der Waals surface area contributed by atoms with Crippen molar-refractivity contribution in [3.63, 3.8) is 0 Å². The number of anilines is 1. The number of benzene rings is 3. The molecule has 6 rings (SSSR count). The molecule has 3 aromatic carbocycles. The smallest absolute Gasteiger partial charge is 0.412 e. The fourth-order valence-electron chi connectivity index (χ4n) is 5.92. The summed E-state index contributed by atoms with van der Waals surface area (Å²) < 4.78 is 24.2. The minimum absolute atomic E-state index is 0.0162. The number of piperidine rings is 1. The molecule has 0 atom stereocenters. The van der Waals surface area contributed by atoms with Gasteiger partial charge in [0.25, 0.3) is 0 Å². The van der Waals surface area contributed by atoms with Gasteiger partial charge in [0.15, 0.2) is 0 Å². The van der Waals surface area contributed by atoms with Gasteiger partial charge in [-0.2, -0.15) is 10.2 Å². The largest absolute Gasteiger partial charge is 0.480 e. The molecule has 5 aromatic rings. The quantitative estimate of drug-likeness (QED) is 0.260. The van der Waals surface area contributed by atoms with Gasteiger partial charge < -0.3 is 14.7 Å². The monoisotopic (exact) mass is 598 g/mol. The Labute approximate surface area is 251 Å². The number of carbonyl (C=O) groups excluding carboxylic acids is 2. The van der Waals surface area contributed by atoms with Gasteiger partial charge in [0.1, 0.15) is 19.0 Å². The van der Waals surface area contributed by atoms with Gasteiger partial charge in [-0.25, -0.2) is 9.18 Å². The molecule has 0 unspecified atom stereocenters. The number of nitrogens with one attached hydrogen (secondary N) is 1. The van der Waals surface area contributed by atoms with Crippen LogP contribution in [-0.2, 0) is 34.5 Å². The Kier molecular flexibility index (Phi) is 7.73. The van der Waals surface area contributed by atoms with Crippen LogP contribution in [0.25, 0.3) is 32.9 Å². The van der Waals surface area contributed by atoms with E-state index < -0.39 is 24.4 Å². The maximum absolute atomic E-state index is 15.8. The Morgan fingerprint density at radius 1 is 1.07 bits per heavy atom. The number of halogens is 1. The lowest BCUT2D eigenvalue weighted by Gasteiger charge is -2.30. The van der Waals surface area contributed by atoms with E-state index in [0.717, 1.165) is 11.1 Å². The Bertz CT molecular complexity index is 1890. The highest BCUT2D eigenvalue weighted by molar-refractivity contribution is 6.07. The van der Waals surface area contributed by atoms with E-state index >= 15 is 4.39 Å². The first-order valence-corrected chi connectivity index (χ1v) is 14.3. The molecule has 1 saturated heterocycles. The molecule has 226 valence electrons. The van der Waals surface area contributed by atoms with Gasteiger partial charge >= 0.3 is 12.1 Å². The number of aliphatic carboxylic acids is 1. The highest BCUT2D eigenvalue weighted by atomic mass is 19.1. The van der Waals surface area contributed by atoms with Crippen LogP contribution >= 0.6 is 0 Å². The van der Waals surface area contributed by atoms with Crippen molar-refractivity contribution in [2.24, 2.45) is 7.05 Å². The second kappa shape index (κ2) is 11.8. The maximum Gasteiger partial charge on any atom is 0.412 e. The van der Waals surface area contributed by atoms with Crippen molar-refractivity contribution in [1.82, 2.24) is 24.5 Å². The minimum atomic E-state index is -1.13. The van der Waals surface area contributed by atoms with E-state index in [-0.39, 0.29) is 24.1 Å². The van der Waals surface area contributed by atoms with E-state index in [9.17, 15) is 19.5 Å². The van der Waals surface area contributed by atoms with Crippen molar-refractivity contribution < 1.29 is 28.6 Å². The van der Waals surface area contributed by atoms with Gasteiger partial charge in [-0.05, 0) is 42.2 Å². The van der Waals surface area contributed by atoms with Gasteiger partial charge in [-0.3, -0.25) is 24.3 Å². The van der Waals surface area contributed by atoms with E-state index in [1.807, 2.05) is 30.3 Å². The number of carbonyl (C=O) groups is 3. The normalized spacial score (nSPS) is 13.8. The molecule has 44 heavy (non-hydrogen) atoms. The van der Waals surface area contributed by atoms with Crippen LogP contribution in [0.4, 0.5) is 14.9 Å². The number of aryl methyl sites for hydroxylation is 1. The number of ether oxygens (including phenoxy) is 1. The molecule has 2 aromatic heterocycles. The van der Waals surface area contributed by atoms with E-state index in [4.69, 9.17) is 9.84 Å². The molecule has 0 aliphatic carbocycles. The summed E-state index contributed by atoms with van der Waals surface area (Å²) in [5.41, 5.74) is 3.53. The minimum Gasteiger partial charge on any atom is -0.480 e. The van der Waals surface area contributed by atoms with Crippen LogP contribution < -0.4 is 5.32 Å². The van der Waals surface area contributed by atoms with Crippen molar-refractivity contribution in [3.05, 3.63) is 77.9 Å². The van der Waals surface area contributed by atoms with Crippen LogP contribution in [0, 0.1) is 5.82 Å². The molecule has 11 nitrogen and oxygen atoms in total. The zero-order valence-electron chi connectivity index (χ0n) is 24.3. The summed E-state index contributed by atoms with van der Waals surface area (Å²) in [4.78, 5) is 38.7. The highest BCUT2D eigenvalue weighted by Crippen LogP contribution is 2.42. The zero-order valence-corrected chi connectivity index (χ0v) is 24.3. The molecule has 3 heterocycles. The lowest BCUT2D eigenvalue weighted by Crippen LogP contribution is -2.36. The second-order valence-corrected chi connectivity index (χ2v) is 10.9. The molecule has 12 heteroatoms. The van der Waals surface area contributed by atoms with Gasteiger partial charge in [0.05, 0.1) is 28.6 Å². The summed E-state index contributed by atoms with van der Waals surface area (Å²) in [5, 5.41) is 22.7. The molecular weight excluding hydrogens is 567 g/mol. The Morgan fingerprint density at radius 2 is 1.82 bits per heavy atom. The van der Waals surface area contributed by atoms with E-state index in [1.165, 1.54) is 17.7 Å². The first-order chi connectivity index (χ1) is 21.2. The first kappa shape index (κ1) is 28.8. The summed E-state index contributed by atoms with van der Waals surface area (Å²) in [6.07, 6.45) is 2.05. The predicted molar refractivity (Wildman–Crippen MR) is 162 cm³/mol. The van der Waals surface area contributed by atoms with Crippen LogP contribution in [0.15, 0.2) is 60.8 Å². The Balaban J connectivity index is 1.49. The summed E-state index contributed by atoms with van der Waals surface area (Å²) in [6, 6.07) is 15.7. The van der Waals surface area contributed by atoms with Gasteiger partial charge in [0.2, 0.25) is 5.91 Å². The second-order valence-electron chi connectivity index (χ2n) is 10.9. The number of aromatic nitrogens is 4. The number of likely N-dealkylation sites (tertiary alicyclic amines) is 1. The molecular formula is C32H31FN6O5. The van der Waals surface area contributed by atoms with Gasteiger partial charge in [-0.1, -0.05) is 36.4 Å². The topological polar surface area (TPSA) is 132 Å². The van der Waals surface area contributed by atoms with E-state index in [1.54, 1.807) is 41.0 Å². The van der Waals surface area contributed by atoms with Crippen LogP contribution in [-0.4, -0.2) is 60.6 Å². The number of amides is 2. The average molecular weight is 599 g/mol. The third-order valence-electron chi connectivity index (χ3n) is 8.11. The van der Waals surface area contributed by atoms with E-state index in [2.05, 4.69) is 10.4 Å². The van der Waals surface area contributed by atoms with Crippen molar-refractivity contribution in [2.45, 2.75) is 38.8 Å². The van der Waals surface area contributed by atoms with Crippen molar-refractivity contribution in [2.75, 3.05) is 18.4 Å². The zero-order chi connectivity index (χ0) is 31.0. The molecule has 0 radical (unpaired) electrons. The average Bonchev–Trinajstić information content (AvgIpc) is 3.56. The van der Waals surface area contributed by atoms with Crippen LogP contribution in [0.5, 0.6) is 0 Å². The standard InChI is InChI=1S/C32H31FN6O5/c1-19(40)38-12-10-21(11-13-38)30-29-23(24-15-27-22(14-25(24)33)16-34-37(27)2)8-9-26(31(29)39(36-30)17-28(41)42)35-32(43)44-18-20-6-4-3-5-7-20/h3-9,14-16,21H,10-13,17-18H2,1-2H3,(H,35,43)(H,41,42). The third-order valence-corrected chi connectivity index (χ3v) is 8.11. The van der Waals surface area contributed by atoms with Crippen LogP contribution in [0.3, 0.4) is 0 Å². The molecule has 0 saturated carbocycles. The van der Waals surface area contributed by atoms with E-state index in [0.29, 0.717) is 59.0 Å². The molecule has 0 spiro atoms. The Morgan fingerprint density at radius 3 is 2.52 bits per heavy atom. The number of hydrogen-bond donors (Lipinski definition) is 2. The predicted octanol–water partition coefficient (Wildman–Crippen LogP) is 5.29. The summed E-state index contributed by atoms with van der Waals surface area (Å²) >= 11 is 0. The number of carboxylic acid groups (broad SMARTS) is 1. The lowest BCUT2D eigenvalue weighted by atomic mass is 9.88. The number of nitrogens with zero attached hydrogens (tertiary/aromatic N) is 5. The van der Waals surface area contributed by atoms with Gasteiger partial charge in [-0.15, -0.1) is 0 Å². The van der Waals surface area contributed by atoms with Crippen LogP contribution in [0.1, 0.15) is 36.9 Å². The number of fused-ring (bicyclic) bond motifs is 2. The fourth-order valence-corrected chi connectivity index (χ4v) is 5.92. The lowest BCUT2D eigenvalue weighted by molar-refractivity contribution is -0.137. The summed E-state index contributed by atoms with van der Waals surface area (Å²) in [7, 11) is 1.77. The number of hydrogen-bond acceptors (Lipinski definition) is 6. The molecule has 1 aliphatic rings. The van der Waals surface area contributed by atoms with Crippen LogP contribution in [0.2, 0.25) is 0 Å². The third kappa shape index (κ3) is 5.58. The summed E-state index contributed by atoms with van der Waals surface area (Å²) in [5.74, 6) is -1.75. The molecule has 2 N–H and O–H groups in total. The highest BCUT2D eigenvalue weighted by Gasteiger charge is 2.30. The number of rotatable bonds is 7. The molecule has 1 aliphatic heterocycles. The molecule has 1 fully saturated rings. The first-order valence-electron chi connectivity index (χ1n) is 14.3. The van der Waals surface area contributed by atoms with Gasteiger partial charge in [0, 0.05) is 49.3 Å². The SMILES string of the molecule is CC(=O)N1CCC(c2nn(CC(=O)O)c3c(NC(=O)OCc4ccccc4)ccc(-c4cc5c(cnn5C)cc4F)c23)CC1. The Hall–Kier alpha value is -5.26.